The van der Waals surface area contributed by atoms with E-state index in [-0.39, 0.29) is 17.9 Å². The number of halogens is 2. The van der Waals surface area contributed by atoms with Gasteiger partial charge in [0.05, 0.1) is 20.3 Å². The zero-order valence-corrected chi connectivity index (χ0v) is 18.9. The summed E-state index contributed by atoms with van der Waals surface area (Å²) < 4.78 is 45.5. The van der Waals surface area contributed by atoms with Gasteiger partial charge >= 0.3 is 0 Å². The Balaban J connectivity index is 1.43. The molecule has 7 nitrogen and oxygen atoms in total. The molecule has 33 heavy (non-hydrogen) atoms. The van der Waals surface area contributed by atoms with Crippen LogP contribution in [0.2, 0.25) is 0 Å². The van der Waals surface area contributed by atoms with E-state index in [1.54, 1.807) is 18.3 Å². The molecule has 2 fully saturated rings. The second kappa shape index (κ2) is 10.0. The fourth-order valence-corrected chi connectivity index (χ4v) is 4.55. The van der Waals surface area contributed by atoms with E-state index in [9.17, 15) is 13.6 Å². The van der Waals surface area contributed by atoms with Gasteiger partial charge in [0.15, 0.2) is 0 Å². The number of rotatable bonds is 11. The molecule has 0 saturated carbocycles. The summed E-state index contributed by atoms with van der Waals surface area (Å²) >= 11 is 0. The Kier molecular flexibility index (Phi) is 7.09. The van der Waals surface area contributed by atoms with E-state index in [2.05, 4.69) is 9.88 Å². The van der Waals surface area contributed by atoms with Gasteiger partial charge in [0.1, 0.15) is 29.7 Å². The molecule has 2 aromatic rings. The number of nitrogens with zero attached hydrogens (tertiary/aromatic N) is 3. The van der Waals surface area contributed by atoms with Crippen molar-refractivity contribution in [2.75, 3.05) is 58.0 Å². The number of carbonyl (C=O) groups excluding carboxylic acids is 1. The van der Waals surface area contributed by atoms with Crippen LogP contribution in [0.1, 0.15) is 24.8 Å². The predicted octanol–water partition coefficient (Wildman–Crippen LogP) is 3.24. The van der Waals surface area contributed by atoms with Crippen molar-refractivity contribution in [3.8, 4) is 11.6 Å². The fraction of sp³-hybridized carbons (Fsp3) is 0.500. The number of aromatic nitrogens is 1. The molecule has 3 heterocycles. The van der Waals surface area contributed by atoms with Crippen molar-refractivity contribution in [1.82, 2.24) is 9.88 Å². The van der Waals surface area contributed by atoms with Crippen LogP contribution in [0.3, 0.4) is 0 Å². The number of likely N-dealkylation sites (tertiary alicyclic amines) is 1. The average molecular weight is 462 g/mol. The minimum Gasteiger partial charge on any atom is -0.497 e. The molecule has 1 unspecified atom stereocenters. The summed E-state index contributed by atoms with van der Waals surface area (Å²) in [6.45, 7) is 6.74. The number of hydrogen-bond acceptors (Lipinski definition) is 6. The first-order chi connectivity index (χ1) is 16.0. The van der Waals surface area contributed by atoms with Crippen LogP contribution in [0, 0.1) is 17.0 Å². The van der Waals surface area contributed by atoms with E-state index in [1.807, 2.05) is 6.92 Å². The molecule has 9 heteroatoms. The largest absolute Gasteiger partial charge is 0.497 e. The number of benzene rings is 1. The van der Waals surface area contributed by atoms with Crippen molar-refractivity contribution < 1.29 is 27.8 Å². The summed E-state index contributed by atoms with van der Waals surface area (Å²) in [5, 5.41) is 0. The van der Waals surface area contributed by atoms with Gasteiger partial charge in [-0.05, 0) is 18.6 Å². The molecule has 1 aromatic heterocycles. The van der Waals surface area contributed by atoms with Crippen molar-refractivity contribution in [3.05, 3.63) is 47.7 Å². The van der Waals surface area contributed by atoms with Crippen LogP contribution in [0.5, 0.6) is 11.6 Å². The number of methoxy groups -OCH3 is 1. The Morgan fingerprint density at radius 2 is 2.03 bits per heavy atom. The third-order valence-corrected chi connectivity index (χ3v) is 6.37. The first-order valence-electron chi connectivity index (χ1n) is 11.1. The summed E-state index contributed by atoms with van der Waals surface area (Å²) in [6, 6.07) is 5.72. The molecular weight excluding hydrogens is 432 g/mol. The smallest absolute Gasteiger partial charge is 0.238 e. The number of carbonyl (C=O) groups is 1. The lowest BCUT2D eigenvalue weighted by atomic mass is 9.78. The number of pyridine rings is 1. The van der Waals surface area contributed by atoms with E-state index in [4.69, 9.17) is 14.2 Å². The maximum Gasteiger partial charge on any atom is 0.238 e. The monoisotopic (exact) mass is 461 g/mol. The van der Waals surface area contributed by atoms with E-state index >= 15 is 0 Å². The number of amides is 1. The van der Waals surface area contributed by atoms with Gasteiger partial charge in [-0.3, -0.25) is 9.69 Å². The predicted molar refractivity (Wildman–Crippen MR) is 119 cm³/mol. The molecule has 0 bridgehead atoms. The van der Waals surface area contributed by atoms with Gasteiger partial charge in [-0.15, -0.1) is 0 Å². The first-order valence-corrected chi connectivity index (χ1v) is 11.1. The molecule has 4 rings (SSSR count). The SMILES string of the molecule is CCC(CN(C=O)c1cccnc1OCCN1CC2(COC2)C1)c1c(F)cc(OC)cc1F. The van der Waals surface area contributed by atoms with Crippen LogP contribution >= 0.6 is 0 Å². The number of hydrogen-bond donors (Lipinski definition) is 0. The molecule has 0 N–H and O–H groups in total. The van der Waals surface area contributed by atoms with Crippen LogP contribution < -0.4 is 14.4 Å². The normalized spacial score (nSPS) is 17.7. The highest BCUT2D eigenvalue weighted by atomic mass is 19.1. The third-order valence-electron chi connectivity index (χ3n) is 6.37. The van der Waals surface area contributed by atoms with E-state index in [1.165, 1.54) is 12.0 Å². The highest BCUT2D eigenvalue weighted by Gasteiger charge is 2.48. The van der Waals surface area contributed by atoms with Gasteiger partial charge in [0.25, 0.3) is 0 Å². The summed E-state index contributed by atoms with van der Waals surface area (Å²) in [5.41, 5.74) is 0.738. The summed E-state index contributed by atoms with van der Waals surface area (Å²) in [6.07, 6.45) is 2.66. The Hall–Kier alpha value is -2.78. The van der Waals surface area contributed by atoms with Gasteiger partial charge < -0.3 is 19.1 Å². The zero-order chi connectivity index (χ0) is 23.4. The summed E-state index contributed by atoms with van der Waals surface area (Å²) in [5.74, 6) is -1.53. The number of anilines is 1. The van der Waals surface area contributed by atoms with Crippen LogP contribution in [0.25, 0.3) is 0 Å². The van der Waals surface area contributed by atoms with Crippen molar-refractivity contribution in [2.45, 2.75) is 19.3 Å². The van der Waals surface area contributed by atoms with Gasteiger partial charge in [0, 0.05) is 61.4 Å². The number of ether oxygens (including phenoxy) is 3. The van der Waals surface area contributed by atoms with Crippen LogP contribution in [-0.4, -0.2) is 69.4 Å². The Morgan fingerprint density at radius 3 is 2.61 bits per heavy atom. The van der Waals surface area contributed by atoms with Crippen molar-refractivity contribution in [2.24, 2.45) is 5.41 Å². The molecule has 2 aliphatic rings. The van der Waals surface area contributed by atoms with Gasteiger partial charge in [0.2, 0.25) is 12.3 Å². The lowest BCUT2D eigenvalue weighted by molar-refractivity contribution is -0.189. The van der Waals surface area contributed by atoms with Gasteiger partial charge in [-0.2, -0.15) is 0 Å². The molecule has 0 radical (unpaired) electrons. The molecule has 1 atom stereocenters. The summed E-state index contributed by atoms with van der Waals surface area (Å²) in [7, 11) is 1.35. The van der Waals surface area contributed by atoms with Crippen molar-refractivity contribution in [3.63, 3.8) is 0 Å². The lowest BCUT2D eigenvalue weighted by Gasteiger charge is -2.55. The first kappa shape index (κ1) is 23.4. The van der Waals surface area contributed by atoms with Crippen LogP contribution in [0.4, 0.5) is 14.5 Å². The molecular formula is C24H29F2N3O4. The minimum absolute atomic E-state index is 0.0665. The average Bonchev–Trinajstić information content (AvgIpc) is 2.76. The van der Waals surface area contributed by atoms with Crippen molar-refractivity contribution >= 4 is 12.1 Å². The highest BCUT2D eigenvalue weighted by Crippen LogP contribution is 2.37. The topological polar surface area (TPSA) is 64.1 Å². The molecule has 1 amide bonds. The second-order valence-corrected chi connectivity index (χ2v) is 8.75. The molecule has 2 saturated heterocycles. The van der Waals surface area contributed by atoms with Gasteiger partial charge in [-0.25, -0.2) is 13.8 Å². The zero-order valence-electron chi connectivity index (χ0n) is 18.9. The second-order valence-electron chi connectivity index (χ2n) is 8.75. The molecule has 1 aromatic carbocycles. The minimum atomic E-state index is -0.698. The van der Waals surface area contributed by atoms with Crippen LogP contribution in [0.15, 0.2) is 30.5 Å². The fourth-order valence-electron chi connectivity index (χ4n) is 4.55. The molecule has 2 aliphatic heterocycles. The standard InChI is InChI=1S/C24H29F2N3O4/c1-3-17(22-19(25)9-18(31-2)10-20(22)26)11-29(16-30)21-5-4-6-27-23(21)33-8-7-28-12-24(13-28)14-32-15-24/h4-6,9-10,16-17H,3,7-8,11-15H2,1-2H3. The Bertz CT molecular complexity index is 955. The molecule has 0 aliphatic carbocycles. The quantitative estimate of drug-likeness (QED) is 0.479. The van der Waals surface area contributed by atoms with E-state index in [0.29, 0.717) is 36.4 Å². The molecule has 1 spiro atoms. The Morgan fingerprint density at radius 1 is 1.30 bits per heavy atom. The van der Waals surface area contributed by atoms with E-state index in [0.717, 1.165) is 45.0 Å². The van der Waals surface area contributed by atoms with Crippen LogP contribution in [-0.2, 0) is 9.53 Å². The third kappa shape index (κ3) is 4.94. The Labute approximate surface area is 192 Å². The molecule has 178 valence electrons. The van der Waals surface area contributed by atoms with Gasteiger partial charge in [-0.1, -0.05) is 6.92 Å². The van der Waals surface area contributed by atoms with Crippen molar-refractivity contribution in [1.29, 1.82) is 0 Å². The lowest BCUT2D eigenvalue weighted by Crippen LogP contribution is -2.66. The maximum absolute atomic E-state index is 14.7. The van der Waals surface area contributed by atoms with E-state index < -0.39 is 17.6 Å². The highest BCUT2D eigenvalue weighted by molar-refractivity contribution is 5.78. The maximum atomic E-state index is 14.7. The summed E-state index contributed by atoms with van der Waals surface area (Å²) in [4.78, 5) is 19.9.